The van der Waals surface area contributed by atoms with Crippen LogP contribution in [0.1, 0.15) is 11.3 Å². The van der Waals surface area contributed by atoms with Gasteiger partial charge in [0.1, 0.15) is 0 Å². The molecular weight excluding hydrogens is 190 g/mol. The summed E-state index contributed by atoms with van der Waals surface area (Å²) in [6, 6.07) is 8.49. The molecule has 1 aromatic heterocycles. The number of benzene rings is 1. The van der Waals surface area contributed by atoms with Gasteiger partial charge in [-0.3, -0.25) is 4.98 Å². The van der Waals surface area contributed by atoms with Crippen molar-refractivity contribution < 1.29 is 0 Å². The van der Waals surface area contributed by atoms with Crippen molar-refractivity contribution in [3.05, 3.63) is 35.5 Å². The summed E-state index contributed by atoms with van der Waals surface area (Å²) >= 11 is 1.77. The summed E-state index contributed by atoms with van der Waals surface area (Å²) in [7, 11) is 0. The van der Waals surface area contributed by atoms with Gasteiger partial charge in [-0.1, -0.05) is 18.2 Å². The topological polar surface area (TPSA) is 12.9 Å². The van der Waals surface area contributed by atoms with E-state index in [1.807, 2.05) is 6.92 Å². The van der Waals surface area contributed by atoms with E-state index in [1.54, 1.807) is 11.8 Å². The second kappa shape index (κ2) is 3.62. The monoisotopic (exact) mass is 203 g/mol. The van der Waals surface area contributed by atoms with Crippen LogP contribution in [0.3, 0.4) is 0 Å². The van der Waals surface area contributed by atoms with Crippen molar-refractivity contribution in [3.8, 4) is 0 Å². The first-order valence-electron chi connectivity index (χ1n) is 4.63. The lowest BCUT2D eigenvalue weighted by Crippen LogP contribution is -1.88. The number of aromatic nitrogens is 1. The van der Waals surface area contributed by atoms with Crippen LogP contribution in [0.2, 0.25) is 0 Å². The van der Waals surface area contributed by atoms with Gasteiger partial charge in [-0.25, -0.2) is 0 Å². The molecule has 0 bridgehead atoms. The molecule has 14 heavy (non-hydrogen) atoms. The molecule has 0 atom stereocenters. The van der Waals surface area contributed by atoms with Crippen molar-refractivity contribution in [1.82, 2.24) is 4.98 Å². The first kappa shape index (κ1) is 9.53. The summed E-state index contributed by atoms with van der Waals surface area (Å²) in [4.78, 5) is 5.88. The molecule has 0 aliphatic carbocycles. The van der Waals surface area contributed by atoms with Crippen molar-refractivity contribution in [3.63, 3.8) is 0 Å². The molecular formula is C12H13NS. The largest absolute Gasteiger partial charge is 0.252 e. The Kier molecular flexibility index (Phi) is 2.46. The lowest BCUT2D eigenvalue weighted by atomic mass is 10.1. The minimum absolute atomic E-state index is 1.08. The zero-order valence-corrected chi connectivity index (χ0v) is 9.48. The summed E-state index contributed by atoms with van der Waals surface area (Å²) in [6.45, 7) is 4.17. The molecule has 0 amide bonds. The summed E-state index contributed by atoms with van der Waals surface area (Å²) in [6.07, 6.45) is 2.10. The minimum Gasteiger partial charge on any atom is -0.252 e. The molecule has 2 rings (SSSR count). The van der Waals surface area contributed by atoms with E-state index < -0.39 is 0 Å². The molecule has 0 spiro atoms. The van der Waals surface area contributed by atoms with Crippen LogP contribution in [-0.4, -0.2) is 11.2 Å². The second-order valence-electron chi connectivity index (χ2n) is 3.44. The number of pyridine rings is 1. The van der Waals surface area contributed by atoms with Crippen LogP contribution in [0.25, 0.3) is 10.9 Å². The van der Waals surface area contributed by atoms with Gasteiger partial charge in [0.05, 0.1) is 5.52 Å². The van der Waals surface area contributed by atoms with Gasteiger partial charge in [-0.15, -0.1) is 11.8 Å². The van der Waals surface area contributed by atoms with Crippen LogP contribution in [0.4, 0.5) is 0 Å². The van der Waals surface area contributed by atoms with Crippen LogP contribution < -0.4 is 0 Å². The highest BCUT2D eigenvalue weighted by Gasteiger charge is 2.04. The Morgan fingerprint density at radius 2 is 1.79 bits per heavy atom. The van der Waals surface area contributed by atoms with E-state index in [-0.39, 0.29) is 0 Å². The molecule has 2 heteroatoms. The summed E-state index contributed by atoms with van der Waals surface area (Å²) < 4.78 is 0. The molecule has 0 unspecified atom stereocenters. The first-order valence-corrected chi connectivity index (χ1v) is 5.86. The maximum Gasteiger partial charge on any atom is 0.0843 e. The third kappa shape index (κ3) is 1.50. The molecule has 0 N–H and O–H groups in total. The van der Waals surface area contributed by atoms with Crippen LogP contribution in [-0.2, 0) is 0 Å². The Balaban J connectivity index is 2.84. The van der Waals surface area contributed by atoms with Crippen LogP contribution in [0, 0.1) is 13.8 Å². The maximum atomic E-state index is 4.59. The van der Waals surface area contributed by atoms with E-state index in [2.05, 4.69) is 42.4 Å². The Bertz CT molecular complexity index is 472. The molecule has 72 valence electrons. The Labute approximate surface area is 88.6 Å². The molecule has 1 nitrogen and oxygen atoms in total. The number of aryl methyl sites for hydroxylation is 2. The van der Waals surface area contributed by atoms with Crippen molar-refractivity contribution in [2.45, 2.75) is 18.7 Å². The van der Waals surface area contributed by atoms with E-state index >= 15 is 0 Å². The first-order chi connectivity index (χ1) is 6.72. The normalized spacial score (nSPS) is 10.8. The highest BCUT2D eigenvalue weighted by molar-refractivity contribution is 7.98. The van der Waals surface area contributed by atoms with Gasteiger partial charge >= 0.3 is 0 Å². The van der Waals surface area contributed by atoms with E-state index in [0.29, 0.717) is 0 Å². The number of fused-ring (bicyclic) bond motifs is 1. The third-order valence-electron chi connectivity index (χ3n) is 2.36. The Morgan fingerprint density at radius 3 is 2.50 bits per heavy atom. The van der Waals surface area contributed by atoms with Gasteiger partial charge in [-0.2, -0.15) is 0 Å². The highest BCUT2D eigenvalue weighted by Crippen LogP contribution is 2.28. The molecule has 0 fully saturated rings. The average Bonchev–Trinajstić information content (AvgIpc) is 2.17. The predicted molar refractivity (Wildman–Crippen MR) is 63.0 cm³/mol. The van der Waals surface area contributed by atoms with Gasteiger partial charge in [0.25, 0.3) is 0 Å². The molecule has 1 heterocycles. The zero-order valence-electron chi connectivity index (χ0n) is 8.66. The van der Waals surface area contributed by atoms with Gasteiger partial charge in [0.2, 0.25) is 0 Å². The van der Waals surface area contributed by atoms with Gasteiger partial charge in [0.15, 0.2) is 0 Å². The number of hydrogen-bond acceptors (Lipinski definition) is 2. The smallest absolute Gasteiger partial charge is 0.0843 e. The summed E-state index contributed by atoms with van der Waals surface area (Å²) in [5, 5.41) is 1.23. The van der Waals surface area contributed by atoms with E-state index in [1.165, 1.54) is 15.8 Å². The average molecular weight is 203 g/mol. The second-order valence-corrected chi connectivity index (χ2v) is 4.26. The van der Waals surface area contributed by atoms with Crippen LogP contribution in [0.15, 0.2) is 29.2 Å². The maximum absolute atomic E-state index is 4.59. The predicted octanol–water partition coefficient (Wildman–Crippen LogP) is 3.57. The number of nitrogens with zero attached hydrogens (tertiary/aromatic N) is 1. The quantitative estimate of drug-likeness (QED) is 0.657. The fraction of sp³-hybridized carbons (Fsp3) is 0.250. The molecule has 0 aliphatic rings. The molecule has 0 aliphatic heterocycles. The highest BCUT2D eigenvalue weighted by atomic mass is 32.2. The fourth-order valence-corrected chi connectivity index (χ4v) is 2.37. The molecule has 0 saturated heterocycles. The number of thioether (sulfide) groups is 1. The number of rotatable bonds is 1. The van der Waals surface area contributed by atoms with Crippen LogP contribution >= 0.6 is 11.8 Å². The summed E-state index contributed by atoms with van der Waals surface area (Å²) in [5.41, 5.74) is 3.53. The number of hydrogen-bond donors (Lipinski definition) is 0. The third-order valence-corrected chi connectivity index (χ3v) is 3.28. The lowest BCUT2D eigenvalue weighted by molar-refractivity contribution is 1.21. The molecule has 0 radical (unpaired) electrons. The van der Waals surface area contributed by atoms with Crippen molar-refractivity contribution >= 4 is 22.7 Å². The van der Waals surface area contributed by atoms with Crippen molar-refractivity contribution in [1.29, 1.82) is 0 Å². The zero-order chi connectivity index (χ0) is 10.1. The Morgan fingerprint density at radius 1 is 1.07 bits per heavy atom. The Hall–Kier alpha value is -1.02. The SMILES string of the molecule is CSc1c(C)ccc2ccc(C)nc12. The van der Waals surface area contributed by atoms with Gasteiger partial charge < -0.3 is 0 Å². The fourth-order valence-electron chi connectivity index (χ4n) is 1.62. The van der Waals surface area contributed by atoms with E-state index in [9.17, 15) is 0 Å². The van der Waals surface area contributed by atoms with Crippen molar-refractivity contribution in [2.75, 3.05) is 6.26 Å². The van der Waals surface area contributed by atoms with E-state index in [4.69, 9.17) is 0 Å². The van der Waals surface area contributed by atoms with Gasteiger partial charge in [0, 0.05) is 16.0 Å². The summed E-state index contributed by atoms with van der Waals surface area (Å²) in [5.74, 6) is 0. The lowest BCUT2D eigenvalue weighted by Gasteiger charge is -2.07. The van der Waals surface area contributed by atoms with Gasteiger partial charge in [-0.05, 0) is 31.7 Å². The molecule has 1 aromatic carbocycles. The molecule has 0 saturated carbocycles. The van der Waals surface area contributed by atoms with E-state index in [0.717, 1.165) is 11.2 Å². The minimum atomic E-state index is 1.08. The standard InChI is InChI=1S/C12H13NS/c1-8-4-6-10-7-5-9(2)13-11(10)12(8)14-3/h4-7H,1-3H3. The molecule has 2 aromatic rings. The van der Waals surface area contributed by atoms with Crippen molar-refractivity contribution in [2.24, 2.45) is 0 Å². The van der Waals surface area contributed by atoms with Crippen LogP contribution in [0.5, 0.6) is 0 Å².